The van der Waals surface area contributed by atoms with Gasteiger partial charge in [0, 0.05) is 7.05 Å². The molecule has 1 N–H and O–H groups in total. The van der Waals surface area contributed by atoms with Gasteiger partial charge >= 0.3 is 0 Å². The predicted molar refractivity (Wildman–Crippen MR) is 71.0 cm³/mol. The number of benzene rings is 1. The number of aryl methyl sites for hydroxylation is 1. The third-order valence-corrected chi connectivity index (χ3v) is 3.01. The van der Waals surface area contributed by atoms with Gasteiger partial charge in [0.25, 0.3) is 0 Å². The monoisotopic (exact) mass is 257 g/mol. The van der Waals surface area contributed by atoms with Crippen molar-refractivity contribution in [1.29, 1.82) is 0 Å². The van der Waals surface area contributed by atoms with Gasteiger partial charge in [-0.1, -0.05) is 18.2 Å². The molecule has 0 aliphatic heterocycles. The van der Waals surface area contributed by atoms with Gasteiger partial charge in [0.15, 0.2) is 10.6 Å². The van der Waals surface area contributed by atoms with Crippen LogP contribution in [0.25, 0.3) is 17.2 Å². The first kappa shape index (κ1) is 10.9. The smallest absolute Gasteiger partial charge is 0.200 e. The molecule has 0 fully saturated rings. The largest absolute Gasteiger partial charge is 0.331 e. The highest BCUT2D eigenvalue weighted by Gasteiger charge is 2.12. The van der Waals surface area contributed by atoms with Crippen LogP contribution in [0.2, 0.25) is 0 Å². The maximum atomic E-state index is 5.29. The van der Waals surface area contributed by atoms with Crippen LogP contribution in [-0.4, -0.2) is 24.3 Å². The average molecular weight is 257 g/mol. The van der Waals surface area contributed by atoms with Gasteiger partial charge in [-0.25, -0.2) is 4.98 Å². The minimum Gasteiger partial charge on any atom is -0.331 e. The lowest BCUT2D eigenvalue weighted by Gasteiger charge is -2.06. The summed E-state index contributed by atoms with van der Waals surface area (Å²) in [6.45, 7) is 0. The number of rotatable bonds is 2. The molecule has 3 rings (SSSR count). The van der Waals surface area contributed by atoms with Gasteiger partial charge in [0.2, 0.25) is 0 Å². The first-order valence-corrected chi connectivity index (χ1v) is 5.88. The number of aromatic nitrogens is 5. The summed E-state index contributed by atoms with van der Waals surface area (Å²) in [5, 5.41) is 7.11. The van der Waals surface area contributed by atoms with Crippen molar-refractivity contribution in [3.8, 4) is 17.2 Å². The summed E-state index contributed by atoms with van der Waals surface area (Å²) in [5.41, 5.74) is 1.89. The van der Waals surface area contributed by atoms with E-state index in [1.807, 2.05) is 46.5 Å². The molecule has 1 aromatic carbocycles. The highest BCUT2D eigenvalue weighted by atomic mass is 32.1. The summed E-state index contributed by atoms with van der Waals surface area (Å²) in [4.78, 5) is 4.10. The van der Waals surface area contributed by atoms with Crippen LogP contribution in [-0.2, 0) is 7.05 Å². The maximum absolute atomic E-state index is 5.29. The van der Waals surface area contributed by atoms with Crippen molar-refractivity contribution in [2.45, 2.75) is 0 Å². The van der Waals surface area contributed by atoms with Crippen LogP contribution in [0.5, 0.6) is 0 Å². The zero-order valence-electron chi connectivity index (χ0n) is 9.74. The van der Waals surface area contributed by atoms with Gasteiger partial charge in [0.1, 0.15) is 5.69 Å². The lowest BCUT2D eigenvalue weighted by atomic mass is 10.3. The Morgan fingerprint density at radius 2 is 2.00 bits per heavy atom. The van der Waals surface area contributed by atoms with Crippen molar-refractivity contribution in [2.75, 3.05) is 0 Å². The Balaban J connectivity index is 2.26. The van der Waals surface area contributed by atoms with E-state index in [4.69, 9.17) is 12.2 Å². The molecule has 0 atom stereocenters. The molecule has 2 aromatic heterocycles. The maximum Gasteiger partial charge on any atom is 0.200 e. The highest BCUT2D eigenvalue weighted by molar-refractivity contribution is 7.71. The van der Waals surface area contributed by atoms with Crippen LogP contribution in [0, 0.1) is 4.77 Å². The number of H-pyrrole nitrogens is 1. The van der Waals surface area contributed by atoms with E-state index in [0.717, 1.165) is 17.2 Å². The Morgan fingerprint density at radius 3 is 2.67 bits per heavy atom. The van der Waals surface area contributed by atoms with Gasteiger partial charge in [-0.05, 0) is 24.4 Å². The molecule has 18 heavy (non-hydrogen) atoms. The number of hydrogen-bond acceptors (Lipinski definition) is 3. The summed E-state index contributed by atoms with van der Waals surface area (Å²) in [6.07, 6.45) is 3.51. The molecular weight excluding hydrogens is 246 g/mol. The van der Waals surface area contributed by atoms with Crippen LogP contribution in [0.15, 0.2) is 42.9 Å². The lowest BCUT2D eigenvalue weighted by molar-refractivity contribution is 0.899. The molecular formula is C12H11N5S. The zero-order valence-corrected chi connectivity index (χ0v) is 10.6. The summed E-state index contributed by atoms with van der Waals surface area (Å²) in [6, 6.07) is 9.89. The van der Waals surface area contributed by atoms with Gasteiger partial charge in [0.05, 0.1) is 18.2 Å². The predicted octanol–water partition coefficient (Wildman–Crippen LogP) is 2.33. The zero-order chi connectivity index (χ0) is 12.5. The first-order chi connectivity index (χ1) is 8.77. The Kier molecular flexibility index (Phi) is 2.56. The van der Waals surface area contributed by atoms with Crippen molar-refractivity contribution in [2.24, 2.45) is 7.05 Å². The molecule has 0 aliphatic rings. The summed E-state index contributed by atoms with van der Waals surface area (Å²) in [7, 11) is 1.93. The van der Waals surface area contributed by atoms with Gasteiger partial charge < -0.3 is 4.57 Å². The molecule has 3 aromatic rings. The minimum absolute atomic E-state index is 0.567. The van der Waals surface area contributed by atoms with E-state index in [-0.39, 0.29) is 0 Å². The molecule has 6 heteroatoms. The second-order valence-electron chi connectivity index (χ2n) is 3.91. The Labute approximate surface area is 109 Å². The third kappa shape index (κ3) is 1.67. The third-order valence-electron chi connectivity index (χ3n) is 2.73. The van der Waals surface area contributed by atoms with Crippen LogP contribution in [0.3, 0.4) is 0 Å². The number of nitrogens with one attached hydrogen (secondary N) is 1. The van der Waals surface area contributed by atoms with Gasteiger partial charge in [-0.15, -0.1) is 0 Å². The molecule has 0 spiro atoms. The van der Waals surface area contributed by atoms with E-state index >= 15 is 0 Å². The Bertz CT molecular complexity index is 722. The van der Waals surface area contributed by atoms with Crippen LogP contribution in [0.1, 0.15) is 0 Å². The topological polar surface area (TPSA) is 51.4 Å². The molecule has 5 nitrogen and oxygen atoms in total. The van der Waals surface area contributed by atoms with E-state index in [9.17, 15) is 0 Å². The SMILES string of the molecule is Cn1cncc1-c1n[nH]c(=S)n1-c1ccccc1. The highest BCUT2D eigenvalue weighted by Crippen LogP contribution is 2.20. The fourth-order valence-electron chi connectivity index (χ4n) is 1.86. The molecule has 0 aliphatic carbocycles. The van der Waals surface area contributed by atoms with Gasteiger partial charge in [-0.2, -0.15) is 5.10 Å². The van der Waals surface area contributed by atoms with Gasteiger partial charge in [-0.3, -0.25) is 9.67 Å². The standard InChI is InChI=1S/C12H11N5S/c1-16-8-13-7-10(16)11-14-15-12(18)17(11)9-5-3-2-4-6-9/h2-8H,1H3,(H,15,18). The van der Waals surface area contributed by atoms with E-state index in [2.05, 4.69) is 15.2 Å². The van der Waals surface area contributed by atoms with E-state index in [0.29, 0.717) is 4.77 Å². The Morgan fingerprint density at radius 1 is 1.22 bits per heavy atom. The molecule has 0 saturated carbocycles. The molecule has 0 saturated heterocycles. The number of imidazole rings is 1. The minimum atomic E-state index is 0.567. The summed E-state index contributed by atoms with van der Waals surface area (Å²) in [5.74, 6) is 0.756. The second kappa shape index (κ2) is 4.23. The second-order valence-corrected chi connectivity index (χ2v) is 4.30. The van der Waals surface area contributed by atoms with E-state index in [1.165, 1.54) is 0 Å². The fourth-order valence-corrected chi connectivity index (χ4v) is 2.10. The summed E-state index contributed by atoms with van der Waals surface area (Å²) < 4.78 is 4.37. The molecule has 0 radical (unpaired) electrons. The van der Waals surface area contributed by atoms with Crippen LogP contribution >= 0.6 is 12.2 Å². The molecule has 0 unspecified atom stereocenters. The van der Waals surface area contributed by atoms with E-state index < -0.39 is 0 Å². The fraction of sp³-hybridized carbons (Fsp3) is 0.0833. The van der Waals surface area contributed by atoms with Crippen LogP contribution in [0.4, 0.5) is 0 Å². The molecule has 0 bridgehead atoms. The van der Waals surface area contributed by atoms with Crippen molar-refractivity contribution in [1.82, 2.24) is 24.3 Å². The van der Waals surface area contributed by atoms with Crippen molar-refractivity contribution < 1.29 is 0 Å². The first-order valence-electron chi connectivity index (χ1n) is 5.47. The number of nitrogens with zero attached hydrogens (tertiary/aromatic N) is 4. The van der Waals surface area contributed by atoms with Crippen molar-refractivity contribution in [3.05, 3.63) is 47.6 Å². The number of hydrogen-bond donors (Lipinski definition) is 1. The Hall–Kier alpha value is -2.21. The van der Waals surface area contributed by atoms with Crippen LogP contribution < -0.4 is 0 Å². The van der Waals surface area contributed by atoms with Crippen molar-refractivity contribution >= 4 is 12.2 Å². The molecule has 90 valence electrons. The van der Waals surface area contributed by atoms with Crippen molar-refractivity contribution in [3.63, 3.8) is 0 Å². The molecule has 0 amide bonds. The lowest BCUT2D eigenvalue weighted by Crippen LogP contribution is -2.00. The number of para-hydroxylation sites is 1. The van der Waals surface area contributed by atoms with E-state index in [1.54, 1.807) is 12.5 Å². The molecule has 2 heterocycles. The number of aromatic amines is 1. The average Bonchev–Trinajstić information content (AvgIpc) is 2.96. The summed E-state index contributed by atoms with van der Waals surface area (Å²) >= 11 is 5.29. The normalized spacial score (nSPS) is 10.7. The quantitative estimate of drug-likeness (QED) is 0.717.